The third-order valence-electron chi connectivity index (χ3n) is 3.93. The number of carbonyl (C=O) groups excluding carboxylic acids is 3. The van der Waals surface area contributed by atoms with Crippen molar-refractivity contribution in [2.24, 2.45) is 0 Å². The van der Waals surface area contributed by atoms with Gasteiger partial charge in [0.05, 0.1) is 6.61 Å². The molecule has 0 bridgehead atoms. The lowest BCUT2D eigenvalue weighted by atomic mass is 10.0. The number of rotatable bonds is 16. The lowest BCUT2D eigenvalue weighted by molar-refractivity contribution is -0.162. The van der Waals surface area contributed by atoms with Crippen LogP contribution in [0.1, 0.15) is 43.5 Å². The van der Waals surface area contributed by atoms with E-state index in [0.29, 0.717) is 37.1 Å². The molecule has 1 atom stereocenters. The van der Waals surface area contributed by atoms with E-state index < -0.39 is 6.29 Å². The summed E-state index contributed by atoms with van der Waals surface area (Å²) in [7, 11) is 0. The standard InChI is InChI=1S/C23H31NO6/c1-4-6-13-24-22(27)16-30-23(28-14-5-2)17-29-20-11-8-10-19(15-20)21(26)12-7-9-18(3)25/h4-6,8,10-11,15,23H,2,7,9,12-14,16-17H2,1,3H3,(H,24,27)/b6-4+. The molecule has 1 unspecified atom stereocenters. The number of ether oxygens (including phenoxy) is 3. The summed E-state index contributed by atoms with van der Waals surface area (Å²) in [5.41, 5.74) is 0.517. The molecule has 0 aliphatic carbocycles. The van der Waals surface area contributed by atoms with E-state index in [1.165, 1.54) is 6.92 Å². The summed E-state index contributed by atoms with van der Waals surface area (Å²) in [6.45, 7) is 7.52. The molecule has 164 valence electrons. The predicted molar refractivity (Wildman–Crippen MR) is 115 cm³/mol. The monoisotopic (exact) mass is 417 g/mol. The van der Waals surface area contributed by atoms with Crippen molar-refractivity contribution >= 4 is 17.5 Å². The molecule has 30 heavy (non-hydrogen) atoms. The third kappa shape index (κ3) is 11.3. The van der Waals surface area contributed by atoms with Gasteiger partial charge in [0.2, 0.25) is 5.91 Å². The van der Waals surface area contributed by atoms with Crippen LogP contribution in [0.3, 0.4) is 0 Å². The molecular weight excluding hydrogens is 386 g/mol. The molecule has 0 spiro atoms. The molecule has 7 nitrogen and oxygen atoms in total. The first-order valence-electron chi connectivity index (χ1n) is 9.93. The molecule has 1 aromatic rings. The second-order valence-corrected chi connectivity index (χ2v) is 6.55. The molecule has 1 aromatic carbocycles. The molecule has 7 heteroatoms. The van der Waals surface area contributed by atoms with Crippen LogP contribution in [0, 0.1) is 0 Å². The maximum atomic E-state index is 12.3. The number of hydrogen-bond acceptors (Lipinski definition) is 6. The smallest absolute Gasteiger partial charge is 0.246 e. The number of Topliss-reactive ketones (excluding diaryl/α,β-unsaturated/α-hetero) is 2. The van der Waals surface area contributed by atoms with Crippen molar-refractivity contribution < 1.29 is 28.6 Å². The minimum absolute atomic E-state index is 0.0396. The van der Waals surface area contributed by atoms with E-state index in [9.17, 15) is 14.4 Å². The Bertz CT molecular complexity index is 728. The molecule has 0 saturated carbocycles. The Morgan fingerprint density at radius 3 is 2.70 bits per heavy atom. The second-order valence-electron chi connectivity index (χ2n) is 6.55. The van der Waals surface area contributed by atoms with E-state index in [-0.39, 0.29) is 37.3 Å². The van der Waals surface area contributed by atoms with Crippen molar-refractivity contribution in [3.8, 4) is 5.75 Å². The Morgan fingerprint density at radius 2 is 2.00 bits per heavy atom. The first kappa shape index (κ1) is 25.3. The molecular formula is C23H31NO6. The number of benzene rings is 1. The Labute approximate surface area is 178 Å². The van der Waals surface area contributed by atoms with Gasteiger partial charge < -0.3 is 24.3 Å². The fourth-order valence-corrected chi connectivity index (χ4v) is 2.40. The van der Waals surface area contributed by atoms with Crippen LogP contribution < -0.4 is 10.1 Å². The lowest BCUT2D eigenvalue weighted by Crippen LogP contribution is -2.33. The maximum absolute atomic E-state index is 12.3. The van der Waals surface area contributed by atoms with Crippen molar-refractivity contribution in [1.29, 1.82) is 0 Å². The van der Waals surface area contributed by atoms with Crippen LogP contribution in [0.25, 0.3) is 0 Å². The fraction of sp³-hybridized carbons (Fsp3) is 0.435. The summed E-state index contributed by atoms with van der Waals surface area (Å²) in [5.74, 6) is 0.246. The van der Waals surface area contributed by atoms with E-state index in [1.54, 1.807) is 30.3 Å². The van der Waals surface area contributed by atoms with Gasteiger partial charge in [-0.25, -0.2) is 0 Å². The molecule has 0 aliphatic rings. The first-order valence-corrected chi connectivity index (χ1v) is 9.93. The summed E-state index contributed by atoms with van der Waals surface area (Å²) in [5, 5.41) is 2.69. The van der Waals surface area contributed by atoms with Gasteiger partial charge in [-0.1, -0.05) is 30.4 Å². The van der Waals surface area contributed by atoms with Gasteiger partial charge in [0.1, 0.15) is 24.7 Å². The molecule has 0 saturated heterocycles. The summed E-state index contributed by atoms with van der Waals surface area (Å²) in [6.07, 6.45) is 5.69. The number of nitrogens with one attached hydrogen (secondary N) is 1. The van der Waals surface area contributed by atoms with Crippen molar-refractivity contribution in [2.45, 2.75) is 39.4 Å². The number of carbonyl (C=O) groups is 3. The zero-order valence-corrected chi connectivity index (χ0v) is 17.7. The third-order valence-corrected chi connectivity index (χ3v) is 3.93. The quantitative estimate of drug-likeness (QED) is 0.252. The molecule has 0 aliphatic heterocycles. The van der Waals surface area contributed by atoms with Crippen molar-refractivity contribution in [2.75, 3.05) is 26.4 Å². The van der Waals surface area contributed by atoms with Crippen LogP contribution in [0.4, 0.5) is 0 Å². The maximum Gasteiger partial charge on any atom is 0.246 e. The number of amides is 1. The van der Waals surface area contributed by atoms with E-state index >= 15 is 0 Å². The lowest BCUT2D eigenvalue weighted by Gasteiger charge is -2.18. The number of ketones is 2. The highest BCUT2D eigenvalue weighted by Crippen LogP contribution is 2.16. The molecule has 1 N–H and O–H groups in total. The fourth-order valence-electron chi connectivity index (χ4n) is 2.40. The van der Waals surface area contributed by atoms with Crippen molar-refractivity contribution in [3.63, 3.8) is 0 Å². The second kappa shape index (κ2) is 15.1. The summed E-state index contributed by atoms with van der Waals surface area (Å²) in [6, 6.07) is 6.80. The van der Waals surface area contributed by atoms with Crippen molar-refractivity contribution in [3.05, 3.63) is 54.6 Å². The minimum Gasteiger partial charge on any atom is -0.488 e. The largest absolute Gasteiger partial charge is 0.488 e. The van der Waals surface area contributed by atoms with Gasteiger partial charge >= 0.3 is 0 Å². The molecule has 0 heterocycles. The Kier molecular flexibility index (Phi) is 12.7. The Morgan fingerprint density at radius 1 is 1.20 bits per heavy atom. The highest BCUT2D eigenvalue weighted by molar-refractivity contribution is 5.96. The molecule has 1 rings (SSSR count). The van der Waals surface area contributed by atoms with Gasteiger partial charge in [0.15, 0.2) is 12.1 Å². The number of hydrogen-bond donors (Lipinski definition) is 1. The van der Waals surface area contributed by atoms with Crippen molar-refractivity contribution in [1.82, 2.24) is 5.32 Å². The highest BCUT2D eigenvalue weighted by Gasteiger charge is 2.14. The Hall–Kier alpha value is -2.77. The average Bonchev–Trinajstić information content (AvgIpc) is 2.73. The van der Waals surface area contributed by atoms with Crippen LogP contribution in [-0.4, -0.2) is 50.1 Å². The Balaban J connectivity index is 2.56. The van der Waals surface area contributed by atoms with Crippen LogP contribution in [0.5, 0.6) is 5.75 Å². The van der Waals surface area contributed by atoms with Crippen LogP contribution in [0.15, 0.2) is 49.1 Å². The zero-order chi connectivity index (χ0) is 22.2. The van der Waals surface area contributed by atoms with Gasteiger partial charge in [-0.05, 0) is 32.4 Å². The summed E-state index contributed by atoms with van der Waals surface area (Å²) >= 11 is 0. The number of allylic oxidation sites excluding steroid dienone is 1. The van der Waals surface area contributed by atoms with Gasteiger partial charge in [0.25, 0.3) is 0 Å². The first-order chi connectivity index (χ1) is 14.5. The zero-order valence-electron chi connectivity index (χ0n) is 17.7. The predicted octanol–water partition coefficient (Wildman–Crippen LogP) is 3.25. The minimum atomic E-state index is -0.773. The normalized spacial score (nSPS) is 11.8. The topological polar surface area (TPSA) is 90.9 Å². The van der Waals surface area contributed by atoms with Gasteiger partial charge in [0, 0.05) is 24.9 Å². The highest BCUT2D eigenvalue weighted by atomic mass is 16.7. The summed E-state index contributed by atoms with van der Waals surface area (Å²) < 4.78 is 16.7. The van der Waals surface area contributed by atoms with Crippen LogP contribution in [0.2, 0.25) is 0 Å². The average molecular weight is 418 g/mol. The van der Waals surface area contributed by atoms with E-state index in [4.69, 9.17) is 14.2 Å². The van der Waals surface area contributed by atoms with Gasteiger partial charge in [-0.3, -0.25) is 9.59 Å². The SMILES string of the molecule is C=CCOC(COc1cccc(C(=O)CCCC(C)=O)c1)OCC(=O)NC/C=C/C. The van der Waals surface area contributed by atoms with E-state index in [0.717, 1.165) is 0 Å². The molecule has 0 radical (unpaired) electrons. The molecule has 1 amide bonds. The van der Waals surface area contributed by atoms with Gasteiger partial charge in [-0.2, -0.15) is 0 Å². The van der Waals surface area contributed by atoms with Crippen LogP contribution >= 0.6 is 0 Å². The summed E-state index contributed by atoms with van der Waals surface area (Å²) in [4.78, 5) is 35.1. The van der Waals surface area contributed by atoms with E-state index in [1.807, 2.05) is 19.1 Å². The van der Waals surface area contributed by atoms with Crippen LogP contribution in [-0.2, 0) is 19.1 Å². The van der Waals surface area contributed by atoms with E-state index in [2.05, 4.69) is 11.9 Å². The van der Waals surface area contributed by atoms with Gasteiger partial charge in [-0.15, -0.1) is 6.58 Å². The molecule has 0 fully saturated rings. The molecule has 0 aromatic heterocycles.